The van der Waals surface area contributed by atoms with E-state index in [-0.39, 0.29) is 6.04 Å². The molecule has 8 heteroatoms. The Kier molecular flexibility index (Phi) is 4.60. The second-order valence-corrected chi connectivity index (χ2v) is 7.08. The van der Waals surface area contributed by atoms with Crippen LogP contribution in [-0.2, 0) is 0 Å². The van der Waals surface area contributed by atoms with Crippen molar-refractivity contribution >= 4 is 34.4 Å². The zero-order chi connectivity index (χ0) is 19.8. The minimum Gasteiger partial charge on any atom is -0.383 e. The summed E-state index contributed by atoms with van der Waals surface area (Å²) in [5.74, 6) is 0.296. The molecule has 0 saturated carbocycles. The fourth-order valence-electron chi connectivity index (χ4n) is 2.96. The highest BCUT2D eigenvalue weighted by Gasteiger charge is 2.21. The van der Waals surface area contributed by atoms with E-state index in [0.717, 1.165) is 5.69 Å². The molecule has 2 heterocycles. The first kappa shape index (κ1) is 18.2. The summed E-state index contributed by atoms with van der Waals surface area (Å²) < 4.78 is 16.1. The van der Waals surface area contributed by atoms with Gasteiger partial charge >= 0.3 is 0 Å². The van der Waals surface area contributed by atoms with Crippen molar-refractivity contribution in [2.75, 3.05) is 11.1 Å². The Morgan fingerprint density at radius 1 is 1.07 bits per heavy atom. The van der Waals surface area contributed by atoms with Crippen LogP contribution in [0.4, 0.5) is 16.2 Å². The number of fused-ring (bicyclic) bond motifs is 1. The molecule has 0 atom stereocenters. The molecule has 3 N–H and O–H groups in total. The topological polar surface area (TPSA) is 81.6 Å². The summed E-state index contributed by atoms with van der Waals surface area (Å²) in [6, 6.07) is 13.6. The van der Waals surface area contributed by atoms with E-state index in [2.05, 4.69) is 20.4 Å². The largest absolute Gasteiger partial charge is 0.383 e. The fraction of sp³-hybridized carbons (Fsp3) is 0.150. The number of hydrogen-bond donors (Lipinski definition) is 2. The highest BCUT2D eigenvalue weighted by atomic mass is 35.5. The van der Waals surface area contributed by atoms with Gasteiger partial charge in [0.1, 0.15) is 11.6 Å². The molecular weight excluding hydrogens is 379 g/mol. The number of nitrogen functional groups attached to an aromatic ring is 1. The number of nitrogens with zero attached hydrogens (tertiary/aromatic N) is 4. The number of rotatable bonds is 4. The van der Waals surface area contributed by atoms with Crippen LogP contribution in [0.5, 0.6) is 0 Å². The maximum atomic E-state index is 14.5. The zero-order valence-corrected chi connectivity index (χ0v) is 16.1. The van der Waals surface area contributed by atoms with Crippen molar-refractivity contribution in [3.63, 3.8) is 0 Å². The van der Waals surface area contributed by atoms with Crippen molar-refractivity contribution < 1.29 is 4.39 Å². The third-order valence-electron chi connectivity index (χ3n) is 4.19. The maximum absolute atomic E-state index is 14.5. The second-order valence-electron chi connectivity index (χ2n) is 6.65. The first-order valence-corrected chi connectivity index (χ1v) is 9.15. The SMILES string of the molecule is CC(C)Nc1nc(-c2ccccc2F)c2c(N)n(-c3ccc(Cl)cc3)nc2n1. The van der Waals surface area contributed by atoms with E-state index in [1.807, 2.05) is 13.8 Å². The van der Waals surface area contributed by atoms with Gasteiger partial charge in [0.15, 0.2) is 5.65 Å². The van der Waals surface area contributed by atoms with E-state index in [4.69, 9.17) is 17.3 Å². The van der Waals surface area contributed by atoms with Gasteiger partial charge in [-0.05, 0) is 50.2 Å². The Balaban J connectivity index is 2.00. The molecule has 0 fully saturated rings. The van der Waals surface area contributed by atoms with Crippen LogP contribution in [0.1, 0.15) is 13.8 Å². The van der Waals surface area contributed by atoms with Crippen LogP contribution in [0.2, 0.25) is 5.02 Å². The van der Waals surface area contributed by atoms with Crippen LogP contribution < -0.4 is 11.1 Å². The van der Waals surface area contributed by atoms with Crippen molar-refractivity contribution in [2.45, 2.75) is 19.9 Å². The van der Waals surface area contributed by atoms with Gasteiger partial charge in [0, 0.05) is 16.6 Å². The number of benzene rings is 2. The molecule has 28 heavy (non-hydrogen) atoms. The minimum atomic E-state index is -0.392. The van der Waals surface area contributed by atoms with Gasteiger partial charge in [-0.3, -0.25) is 0 Å². The number of anilines is 2. The summed E-state index contributed by atoms with van der Waals surface area (Å²) >= 11 is 5.98. The van der Waals surface area contributed by atoms with E-state index in [1.165, 1.54) is 6.07 Å². The average Bonchev–Trinajstić information content (AvgIpc) is 2.98. The maximum Gasteiger partial charge on any atom is 0.225 e. The highest BCUT2D eigenvalue weighted by molar-refractivity contribution is 6.30. The molecule has 2 aromatic carbocycles. The molecule has 0 saturated heterocycles. The normalized spacial score (nSPS) is 11.3. The fourth-order valence-corrected chi connectivity index (χ4v) is 3.09. The third kappa shape index (κ3) is 3.25. The van der Waals surface area contributed by atoms with E-state index in [1.54, 1.807) is 47.1 Å². The van der Waals surface area contributed by atoms with Gasteiger partial charge in [-0.25, -0.2) is 14.1 Å². The molecule has 0 aliphatic carbocycles. The Hall–Kier alpha value is -3.19. The van der Waals surface area contributed by atoms with Crippen LogP contribution in [-0.4, -0.2) is 25.8 Å². The monoisotopic (exact) mass is 396 g/mol. The first-order chi connectivity index (χ1) is 13.4. The lowest BCUT2D eigenvalue weighted by Crippen LogP contribution is -2.13. The van der Waals surface area contributed by atoms with Crippen molar-refractivity contribution in [3.8, 4) is 16.9 Å². The van der Waals surface area contributed by atoms with Gasteiger partial charge in [-0.15, -0.1) is 5.10 Å². The Morgan fingerprint density at radius 2 is 1.79 bits per heavy atom. The molecule has 6 nitrogen and oxygen atoms in total. The smallest absolute Gasteiger partial charge is 0.225 e. The van der Waals surface area contributed by atoms with Crippen LogP contribution in [0.15, 0.2) is 48.5 Å². The van der Waals surface area contributed by atoms with Crippen LogP contribution >= 0.6 is 11.6 Å². The molecule has 4 rings (SSSR count). The van der Waals surface area contributed by atoms with Crippen molar-refractivity contribution in [2.24, 2.45) is 0 Å². The minimum absolute atomic E-state index is 0.0987. The molecule has 0 aliphatic heterocycles. The molecular formula is C20H18ClFN6. The predicted octanol–water partition coefficient (Wildman–Crippen LogP) is 4.68. The number of nitrogens with one attached hydrogen (secondary N) is 1. The molecule has 0 aliphatic rings. The standard InChI is InChI=1S/C20H18ClFN6/c1-11(2)24-20-25-17(14-5-3-4-6-15(14)22)16-18(23)28(27-19(16)26-20)13-9-7-12(21)8-10-13/h3-11H,23H2,1-2H3,(H,24,26,27). The molecule has 0 unspecified atom stereocenters. The lowest BCUT2D eigenvalue weighted by atomic mass is 10.1. The van der Waals surface area contributed by atoms with E-state index in [9.17, 15) is 4.39 Å². The first-order valence-electron chi connectivity index (χ1n) is 8.77. The molecule has 0 bridgehead atoms. The van der Waals surface area contributed by atoms with Gasteiger partial charge in [0.25, 0.3) is 0 Å². The van der Waals surface area contributed by atoms with Crippen molar-refractivity contribution in [3.05, 3.63) is 59.4 Å². The molecule has 2 aromatic heterocycles. The quantitative estimate of drug-likeness (QED) is 0.523. The Bertz CT molecular complexity index is 1150. The molecule has 0 spiro atoms. The number of nitrogens with two attached hydrogens (primary N) is 1. The van der Waals surface area contributed by atoms with Gasteiger partial charge < -0.3 is 11.1 Å². The average molecular weight is 397 g/mol. The summed E-state index contributed by atoms with van der Waals surface area (Å²) in [6.07, 6.45) is 0. The van der Waals surface area contributed by atoms with E-state index < -0.39 is 5.82 Å². The van der Waals surface area contributed by atoms with Crippen LogP contribution in [0.3, 0.4) is 0 Å². The summed E-state index contributed by atoms with van der Waals surface area (Å²) in [7, 11) is 0. The number of halogens is 2. The molecule has 142 valence electrons. The van der Waals surface area contributed by atoms with E-state index >= 15 is 0 Å². The lowest BCUT2D eigenvalue weighted by molar-refractivity contribution is 0.631. The summed E-state index contributed by atoms with van der Waals surface area (Å²) in [5, 5.41) is 8.78. The zero-order valence-electron chi connectivity index (χ0n) is 15.3. The Morgan fingerprint density at radius 3 is 2.46 bits per heavy atom. The molecule has 0 radical (unpaired) electrons. The third-order valence-corrected chi connectivity index (χ3v) is 4.44. The summed E-state index contributed by atoms with van der Waals surface area (Å²) in [5.41, 5.74) is 8.22. The lowest BCUT2D eigenvalue weighted by Gasteiger charge is -2.11. The Labute approximate surface area is 166 Å². The van der Waals surface area contributed by atoms with E-state index in [0.29, 0.717) is 39.1 Å². The predicted molar refractivity (Wildman–Crippen MR) is 110 cm³/mol. The molecule has 0 amide bonds. The summed E-state index contributed by atoms with van der Waals surface area (Å²) in [4.78, 5) is 9.01. The number of aromatic nitrogens is 4. The summed E-state index contributed by atoms with van der Waals surface area (Å²) in [6.45, 7) is 3.94. The molecule has 4 aromatic rings. The van der Waals surface area contributed by atoms with Crippen LogP contribution in [0, 0.1) is 5.82 Å². The van der Waals surface area contributed by atoms with Gasteiger partial charge in [-0.2, -0.15) is 4.98 Å². The second kappa shape index (κ2) is 7.09. The van der Waals surface area contributed by atoms with Gasteiger partial charge in [-0.1, -0.05) is 23.7 Å². The van der Waals surface area contributed by atoms with Gasteiger partial charge in [0.05, 0.1) is 16.8 Å². The van der Waals surface area contributed by atoms with Crippen molar-refractivity contribution in [1.82, 2.24) is 19.7 Å². The van der Waals surface area contributed by atoms with Gasteiger partial charge in [0.2, 0.25) is 5.95 Å². The van der Waals surface area contributed by atoms with Crippen LogP contribution in [0.25, 0.3) is 28.0 Å². The number of hydrogen-bond acceptors (Lipinski definition) is 5. The van der Waals surface area contributed by atoms with Crippen molar-refractivity contribution in [1.29, 1.82) is 0 Å². The highest BCUT2D eigenvalue weighted by Crippen LogP contribution is 2.34.